The van der Waals surface area contributed by atoms with Crippen LogP contribution in [0.2, 0.25) is 0 Å². The fourth-order valence-electron chi connectivity index (χ4n) is 2.57. The molecule has 3 heteroatoms. The molecule has 20 heavy (non-hydrogen) atoms. The summed E-state index contributed by atoms with van der Waals surface area (Å²) in [7, 11) is 2.06. The van der Waals surface area contributed by atoms with E-state index in [-0.39, 0.29) is 0 Å². The highest BCUT2D eigenvalue weighted by Crippen LogP contribution is 2.30. The standard InChI is InChI=1S/C17H18N2O/c1-12-16(11-18)15-10-14(8-9-17(15)19(12)2)20-13-6-4-3-5-7-13/h3-10H,11,18H2,1-2H3. The Morgan fingerprint density at radius 3 is 2.50 bits per heavy atom. The molecule has 3 nitrogen and oxygen atoms in total. The minimum Gasteiger partial charge on any atom is -0.457 e. The molecule has 3 rings (SSSR count). The molecule has 0 fully saturated rings. The van der Waals surface area contributed by atoms with Crippen molar-refractivity contribution < 1.29 is 4.74 Å². The average Bonchev–Trinajstić information content (AvgIpc) is 2.71. The van der Waals surface area contributed by atoms with E-state index in [0.29, 0.717) is 6.54 Å². The van der Waals surface area contributed by atoms with E-state index < -0.39 is 0 Å². The number of para-hydroxylation sites is 1. The first-order valence-corrected chi connectivity index (χ1v) is 6.71. The van der Waals surface area contributed by atoms with E-state index >= 15 is 0 Å². The SMILES string of the molecule is Cc1c(CN)c2cc(Oc3ccccc3)ccc2n1C. The zero-order valence-corrected chi connectivity index (χ0v) is 11.8. The van der Waals surface area contributed by atoms with E-state index in [0.717, 1.165) is 11.5 Å². The molecule has 0 radical (unpaired) electrons. The summed E-state index contributed by atoms with van der Waals surface area (Å²) in [6.07, 6.45) is 0. The van der Waals surface area contributed by atoms with Gasteiger partial charge in [-0.15, -0.1) is 0 Å². The Labute approximate surface area is 118 Å². The van der Waals surface area contributed by atoms with Gasteiger partial charge in [-0.3, -0.25) is 0 Å². The van der Waals surface area contributed by atoms with Crippen LogP contribution in [0.3, 0.4) is 0 Å². The number of aromatic nitrogens is 1. The predicted molar refractivity (Wildman–Crippen MR) is 82.1 cm³/mol. The maximum absolute atomic E-state index is 5.89. The van der Waals surface area contributed by atoms with E-state index in [1.54, 1.807) is 0 Å². The minimum atomic E-state index is 0.540. The molecular formula is C17H18N2O. The summed E-state index contributed by atoms with van der Waals surface area (Å²) >= 11 is 0. The summed E-state index contributed by atoms with van der Waals surface area (Å²) in [6.45, 7) is 2.64. The maximum Gasteiger partial charge on any atom is 0.128 e. The van der Waals surface area contributed by atoms with Crippen molar-refractivity contribution in [1.82, 2.24) is 4.57 Å². The van der Waals surface area contributed by atoms with Crippen LogP contribution in [0.5, 0.6) is 11.5 Å². The summed E-state index contributed by atoms with van der Waals surface area (Å²) in [4.78, 5) is 0. The smallest absolute Gasteiger partial charge is 0.128 e. The van der Waals surface area contributed by atoms with Gasteiger partial charge >= 0.3 is 0 Å². The summed E-state index contributed by atoms with van der Waals surface area (Å²) in [6, 6.07) is 15.9. The molecule has 0 amide bonds. The number of nitrogens with zero attached hydrogens (tertiary/aromatic N) is 1. The third kappa shape index (κ3) is 2.06. The largest absolute Gasteiger partial charge is 0.457 e. The molecule has 1 aromatic heterocycles. The van der Waals surface area contributed by atoms with Crippen LogP contribution in [-0.2, 0) is 13.6 Å². The Morgan fingerprint density at radius 2 is 1.80 bits per heavy atom. The lowest BCUT2D eigenvalue weighted by atomic mass is 10.1. The summed E-state index contributed by atoms with van der Waals surface area (Å²) in [5.41, 5.74) is 9.45. The third-order valence-electron chi connectivity index (χ3n) is 3.78. The van der Waals surface area contributed by atoms with Gasteiger partial charge in [-0.05, 0) is 42.8 Å². The first-order chi connectivity index (χ1) is 9.70. The molecular weight excluding hydrogens is 248 g/mol. The van der Waals surface area contributed by atoms with Gasteiger partial charge in [0.25, 0.3) is 0 Å². The molecule has 0 unspecified atom stereocenters. The predicted octanol–water partition coefficient (Wildman–Crippen LogP) is 3.74. The Bertz CT molecular complexity index is 745. The molecule has 0 saturated carbocycles. The van der Waals surface area contributed by atoms with Crippen LogP contribution in [0, 0.1) is 6.92 Å². The van der Waals surface area contributed by atoms with E-state index in [2.05, 4.69) is 30.7 Å². The zero-order valence-electron chi connectivity index (χ0n) is 11.8. The highest BCUT2D eigenvalue weighted by atomic mass is 16.5. The number of hydrogen-bond acceptors (Lipinski definition) is 2. The Balaban J connectivity index is 2.06. The molecule has 2 N–H and O–H groups in total. The van der Waals surface area contributed by atoms with E-state index in [1.807, 2.05) is 36.4 Å². The number of hydrogen-bond donors (Lipinski definition) is 1. The number of fused-ring (bicyclic) bond motifs is 1. The van der Waals surface area contributed by atoms with Crippen LogP contribution in [-0.4, -0.2) is 4.57 Å². The van der Waals surface area contributed by atoms with E-state index in [9.17, 15) is 0 Å². The quantitative estimate of drug-likeness (QED) is 0.784. The lowest BCUT2D eigenvalue weighted by Gasteiger charge is -2.06. The summed E-state index contributed by atoms with van der Waals surface area (Å²) < 4.78 is 8.06. The van der Waals surface area contributed by atoms with Crippen molar-refractivity contribution >= 4 is 10.9 Å². The normalized spacial score (nSPS) is 10.9. The molecule has 0 aliphatic carbocycles. The van der Waals surface area contributed by atoms with Crippen LogP contribution in [0.1, 0.15) is 11.3 Å². The molecule has 0 saturated heterocycles. The second-order valence-electron chi connectivity index (χ2n) is 4.92. The van der Waals surface area contributed by atoms with Crippen LogP contribution < -0.4 is 10.5 Å². The van der Waals surface area contributed by atoms with Crippen molar-refractivity contribution in [3.05, 3.63) is 59.8 Å². The van der Waals surface area contributed by atoms with Crippen molar-refractivity contribution in [2.75, 3.05) is 0 Å². The molecule has 102 valence electrons. The first kappa shape index (κ1) is 12.8. The monoisotopic (exact) mass is 266 g/mol. The number of aryl methyl sites for hydroxylation is 1. The highest BCUT2D eigenvalue weighted by molar-refractivity contribution is 5.86. The van der Waals surface area contributed by atoms with Crippen molar-refractivity contribution in [1.29, 1.82) is 0 Å². The fourth-order valence-corrected chi connectivity index (χ4v) is 2.57. The average molecular weight is 266 g/mol. The van der Waals surface area contributed by atoms with E-state index in [4.69, 9.17) is 10.5 Å². The molecule has 0 spiro atoms. The topological polar surface area (TPSA) is 40.2 Å². The second-order valence-corrected chi connectivity index (χ2v) is 4.92. The fraction of sp³-hybridized carbons (Fsp3) is 0.176. The van der Waals surface area contributed by atoms with Gasteiger partial charge in [-0.25, -0.2) is 0 Å². The Kier molecular flexibility index (Phi) is 3.20. The van der Waals surface area contributed by atoms with Gasteiger partial charge in [0, 0.05) is 30.2 Å². The van der Waals surface area contributed by atoms with Crippen molar-refractivity contribution in [2.24, 2.45) is 12.8 Å². The zero-order chi connectivity index (χ0) is 14.1. The Hall–Kier alpha value is -2.26. The third-order valence-corrected chi connectivity index (χ3v) is 3.78. The number of benzene rings is 2. The second kappa shape index (κ2) is 5.02. The molecule has 2 aromatic carbocycles. The molecule has 0 aliphatic rings. The summed E-state index contributed by atoms with van der Waals surface area (Å²) in [5, 5.41) is 1.17. The molecule has 0 atom stereocenters. The van der Waals surface area contributed by atoms with Crippen LogP contribution in [0.25, 0.3) is 10.9 Å². The van der Waals surface area contributed by atoms with Crippen molar-refractivity contribution in [2.45, 2.75) is 13.5 Å². The van der Waals surface area contributed by atoms with Gasteiger partial charge in [-0.1, -0.05) is 18.2 Å². The molecule has 0 bridgehead atoms. The van der Waals surface area contributed by atoms with E-state index in [1.165, 1.54) is 22.2 Å². The molecule has 1 heterocycles. The summed E-state index contributed by atoms with van der Waals surface area (Å²) in [5.74, 6) is 1.68. The number of nitrogens with two attached hydrogens (primary N) is 1. The van der Waals surface area contributed by atoms with Crippen LogP contribution >= 0.6 is 0 Å². The highest BCUT2D eigenvalue weighted by Gasteiger charge is 2.11. The van der Waals surface area contributed by atoms with Gasteiger partial charge in [0.1, 0.15) is 11.5 Å². The number of ether oxygens (including phenoxy) is 1. The van der Waals surface area contributed by atoms with Gasteiger partial charge in [0.15, 0.2) is 0 Å². The van der Waals surface area contributed by atoms with Crippen molar-refractivity contribution in [3.8, 4) is 11.5 Å². The lowest BCUT2D eigenvalue weighted by molar-refractivity contribution is 0.483. The van der Waals surface area contributed by atoms with Gasteiger partial charge in [0.2, 0.25) is 0 Å². The molecule has 3 aromatic rings. The van der Waals surface area contributed by atoms with Crippen LogP contribution in [0.4, 0.5) is 0 Å². The Morgan fingerprint density at radius 1 is 1.05 bits per heavy atom. The molecule has 0 aliphatic heterocycles. The van der Waals surface area contributed by atoms with Gasteiger partial charge in [-0.2, -0.15) is 0 Å². The lowest BCUT2D eigenvalue weighted by Crippen LogP contribution is -1.99. The van der Waals surface area contributed by atoms with Crippen molar-refractivity contribution in [3.63, 3.8) is 0 Å². The number of rotatable bonds is 3. The first-order valence-electron chi connectivity index (χ1n) is 6.71. The van der Waals surface area contributed by atoms with Gasteiger partial charge in [0.05, 0.1) is 0 Å². The minimum absolute atomic E-state index is 0.540. The maximum atomic E-state index is 5.89. The van der Waals surface area contributed by atoms with Crippen LogP contribution in [0.15, 0.2) is 48.5 Å². The van der Waals surface area contributed by atoms with Gasteiger partial charge < -0.3 is 15.0 Å².